The number of fused-ring (bicyclic) bond motifs is 1. The number of hydrogen-bond donors (Lipinski definition) is 4. The van der Waals surface area contributed by atoms with Crippen molar-refractivity contribution < 1.29 is 14.6 Å². The summed E-state index contributed by atoms with van der Waals surface area (Å²) in [5, 5.41) is 16.4. The predicted octanol–water partition coefficient (Wildman–Crippen LogP) is 1.54. The second-order valence-corrected chi connectivity index (χ2v) is 7.40. The van der Waals surface area contributed by atoms with E-state index >= 15 is 0 Å². The minimum absolute atomic E-state index is 0.0738. The number of amides is 2. The summed E-state index contributed by atoms with van der Waals surface area (Å²) in [6, 6.07) is 10.9. The van der Waals surface area contributed by atoms with E-state index in [4.69, 9.17) is 11.0 Å². The van der Waals surface area contributed by atoms with Crippen molar-refractivity contribution in [1.82, 2.24) is 14.9 Å². The molecular formula is C21H23N8O2+. The van der Waals surface area contributed by atoms with Crippen LogP contribution in [0, 0.1) is 11.3 Å². The average Bonchev–Trinajstić information content (AvgIpc) is 3.24. The molecule has 4 rings (SSSR count). The summed E-state index contributed by atoms with van der Waals surface area (Å²) in [4.78, 5) is 35.9. The van der Waals surface area contributed by atoms with Crippen LogP contribution in [0.1, 0.15) is 29.6 Å². The molecule has 0 bridgehead atoms. The number of likely N-dealkylation sites (tertiary alicyclic amines) is 1. The van der Waals surface area contributed by atoms with Gasteiger partial charge in [-0.05, 0) is 43.2 Å². The van der Waals surface area contributed by atoms with E-state index in [1.165, 1.54) is 0 Å². The van der Waals surface area contributed by atoms with Gasteiger partial charge in [0.05, 0.1) is 23.2 Å². The number of carbonyl (C=O) groups is 2. The Bertz CT molecular complexity index is 1140. The Kier molecular flexibility index (Phi) is 5.66. The van der Waals surface area contributed by atoms with Crippen LogP contribution < -0.4 is 21.4 Å². The molecule has 1 saturated heterocycles. The van der Waals surface area contributed by atoms with Gasteiger partial charge in [0.25, 0.3) is 0 Å². The second kappa shape index (κ2) is 8.71. The van der Waals surface area contributed by atoms with Crippen molar-refractivity contribution >= 4 is 40.3 Å². The molecule has 1 fully saturated rings. The Hall–Kier alpha value is -4.13. The average molecular weight is 419 g/mol. The van der Waals surface area contributed by atoms with Crippen LogP contribution in [0.3, 0.4) is 0 Å². The lowest BCUT2D eigenvalue weighted by molar-refractivity contribution is -0.346. The van der Waals surface area contributed by atoms with Crippen molar-refractivity contribution in [3.8, 4) is 6.07 Å². The first kappa shape index (κ1) is 20.2. The van der Waals surface area contributed by atoms with E-state index in [2.05, 4.69) is 25.6 Å². The van der Waals surface area contributed by atoms with E-state index in [1.807, 2.05) is 18.3 Å². The van der Waals surface area contributed by atoms with Gasteiger partial charge >= 0.3 is 5.95 Å². The van der Waals surface area contributed by atoms with Crippen LogP contribution in [0.2, 0.25) is 0 Å². The lowest BCUT2D eigenvalue weighted by Crippen LogP contribution is -2.42. The first-order chi connectivity index (χ1) is 15.0. The summed E-state index contributed by atoms with van der Waals surface area (Å²) in [5.41, 5.74) is 7.20. The van der Waals surface area contributed by atoms with Crippen LogP contribution in [0.15, 0.2) is 36.5 Å². The minimum atomic E-state index is -0.476. The van der Waals surface area contributed by atoms with Gasteiger partial charge in [0.15, 0.2) is 0 Å². The highest BCUT2D eigenvalue weighted by Crippen LogP contribution is 2.23. The third-order valence-corrected chi connectivity index (χ3v) is 5.32. The predicted molar refractivity (Wildman–Crippen MR) is 114 cm³/mol. The highest BCUT2D eigenvalue weighted by molar-refractivity contribution is 5.93. The van der Waals surface area contributed by atoms with E-state index in [9.17, 15) is 9.59 Å². The lowest BCUT2D eigenvalue weighted by Gasteiger charge is -2.31. The molecule has 31 heavy (non-hydrogen) atoms. The number of nitrogens with one attached hydrogen (secondary N) is 4. The molecule has 3 heterocycles. The zero-order valence-corrected chi connectivity index (χ0v) is 16.8. The molecule has 6 N–H and O–H groups in total. The minimum Gasteiger partial charge on any atom is -0.366 e. The molecule has 2 aromatic heterocycles. The number of carbonyl (C=O) groups excluding carboxylic acids is 2. The molecule has 3 aromatic rings. The topological polar surface area (TPSA) is 154 Å². The molecule has 158 valence electrons. The molecule has 0 atom stereocenters. The molecule has 0 saturated carbocycles. The molecule has 10 heteroatoms. The number of nitrogens with two attached hydrogens (primary N) is 1. The lowest BCUT2D eigenvalue weighted by atomic mass is 10.0. The van der Waals surface area contributed by atoms with Crippen molar-refractivity contribution in [2.45, 2.75) is 25.3 Å². The number of anilines is 3. The van der Waals surface area contributed by atoms with Crippen LogP contribution in [-0.4, -0.2) is 45.8 Å². The number of aromatic nitrogens is 3. The van der Waals surface area contributed by atoms with Gasteiger partial charge in [-0.2, -0.15) is 5.26 Å². The fourth-order valence-electron chi connectivity index (χ4n) is 3.66. The first-order valence-corrected chi connectivity index (χ1v) is 10.0. The van der Waals surface area contributed by atoms with Crippen LogP contribution in [-0.2, 0) is 4.79 Å². The third-order valence-electron chi connectivity index (χ3n) is 5.32. The maximum absolute atomic E-state index is 11.9. The van der Waals surface area contributed by atoms with Crippen LogP contribution in [0.5, 0.6) is 0 Å². The Labute approximate surface area is 178 Å². The molecule has 2 amide bonds. The van der Waals surface area contributed by atoms with Crippen LogP contribution >= 0.6 is 0 Å². The number of H-pyrrole nitrogens is 2. The molecule has 0 aliphatic carbocycles. The monoisotopic (exact) mass is 419 g/mol. The molecule has 1 aliphatic heterocycles. The number of nitriles is 1. The van der Waals surface area contributed by atoms with Crippen molar-refractivity contribution in [3.05, 3.63) is 42.1 Å². The second-order valence-electron chi connectivity index (χ2n) is 7.40. The standard InChI is InChI=1S/C21H22N8O2/c22-9-5-17(30)29-11-7-15(8-12-29)25-20-16-6-10-24-19(16)27-21(28-20)26-14-3-1-13(2-4-14)18(23)31/h1-4,6,10,15H,5,7-8,11-12H2,(H2,23,31)(H3,24,25,26,27,28)/p+1. The third kappa shape index (κ3) is 4.56. The van der Waals surface area contributed by atoms with E-state index in [0.29, 0.717) is 24.6 Å². The summed E-state index contributed by atoms with van der Waals surface area (Å²) < 4.78 is 0. The van der Waals surface area contributed by atoms with Gasteiger partial charge in [-0.1, -0.05) is 4.98 Å². The maximum Gasteiger partial charge on any atom is 0.351 e. The van der Waals surface area contributed by atoms with Gasteiger partial charge in [-0.3, -0.25) is 14.9 Å². The molecular weight excluding hydrogens is 396 g/mol. The number of rotatable bonds is 6. The number of aromatic amines is 2. The van der Waals surface area contributed by atoms with Gasteiger partial charge in [0.1, 0.15) is 6.42 Å². The van der Waals surface area contributed by atoms with E-state index in [0.717, 1.165) is 35.4 Å². The SMILES string of the molecule is N#CCC(=O)N1CCC(Nc2[nH+]c(Nc3ccc(C(N)=O)cc3)nc3[nH]ccc23)CC1. The van der Waals surface area contributed by atoms with E-state index in [-0.39, 0.29) is 18.4 Å². The summed E-state index contributed by atoms with van der Waals surface area (Å²) in [6.45, 7) is 1.24. The fraction of sp³-hybridized carbons (Fsp3) is 0.286. The van der Waals surface area contributed by atoms with Crippen molar-refractivity contribution in [2.24, 2.45) is 5.73 Å². The molecule has 0 spiro atoms. The maximum atomic E-state index is 11.9. The Morgan fingerprint density at radius 2 is 2.00 bits per heavy atom. The Morgan fingerprint density at radius 1 is 1.26 bits per heavy atom. The van der Waals surface area contributed by atoms with Gasteiger partial charge < -0.3 is 20.9 Å². The molecule has 1 aromatic carbocycles. The zero-order chi connectivity index (χ0) is 21.8. The van der Waals surface area contributed by atoms with Crippen molar-refractivity contribution in [2.75, 3.05) is 23.7 Å². The summed E-state index contributed by atoms with van der Waals surface area (Å²) in [7, 11) is 0. The van der Waals surface area contributed by atoms with E-state index < -0.39 is 5.91 Å². The van der Waals surface area contributed by atoms with Crippen molar-refractivity contribution in [3.63, 3.8) is 0 Å². The first-order valence-electron chi connectivity index (χ1n) is 10.0. The fourth-order valence-corrected chi connectivity index (χ4v) is 3.66. The van der Waals surface area contributed by atoms with Crippen LogP contribution in [0.4, 0.5) is 17.5 Å². The number of benzene rings is 1. The van der Waals surface area contributed by atoms with Crippen molar-refractivity contribution in [1.29, 1.82) is 5.26 Å². The molecule has 10 nitrogen and oxygen atoms in total. The smallest absolute Gasteiger partial charge is 0.351 e. The highest BCUT2D eigenvalue weighted by atomic mass is 16.2. The Balaban J connectivity index is 1.48. The normalized spacial score (nSPS) is 14.2. The molecule has 1 aliphatic rings. The number of primary amides is 1. The summed E-state index contributed by atoms with van der Waals surface area (Å²) in [6.07, 6.45) is 3.33. The largest absolute Gasteiger partial charge is 0.366 e. The molecule has 0 unspecified atom stereocenters. The number of nitrogens with zero attached hydrogens (tertiary/aromatic N) is 3. The summed E-state index contributed by atoms with van der Waals surface area (Å²) >= 11 is 0. The van der Waals surface area contributed by atoms with E-state index in [1.54, 1.807) is 29.2 Å². The highest BCUT2D eigenvalue weighted by Gasteiger charge is 2.25. The van der Waals surface area contributed by atoms with Gasteiger partial charge in [0, 0.05) is 24.8 Å². The molecule has 0 radical (unpaired) electrons. The van der Waals surface area contributed by atoms with Gasteiger partial charge in [-0.25, -0.2) is 4.98 Å². The van der Waals surface area contributed by atoms with Gasteiger partial charge in [-0.15, -0.1) is 0 Å². The summed E-state index contributed by atoms with van der Waals surface area (Å²) in [5.74, 6) is 0.768. The Morgan fingerprint density at radius 3 is 2.68 bits per heavy atom. The number of piperidine rings is 1. The quantitative estimate of drug-likeness (QED) is 0.475. The van der Waals surface area contributed by atoms with Gasteiger partial charge in [0.2, 0.25) is 23.3 Å². The zero-order valence-electron chi connectivity index (χ0n) is 16.8. The number of hydrogen-bond acceptors (Lipinski definition) is 6. The van der Waals surface area contributed by atoms with Crippen LogP contribution in [0.25, 0.3) is 11.0 Å².